The summed E-state index contributed by atoms with van der Waals surface area (Å²) in [5, 5.41) is 14.6. The monoisotopic (exact) mass is 473 g/mol. The Morgan fingerprint density at radius 1 is 1.28 bits per heavy atom. The zero-order valence-corrected chi connectivity index (χ0v) is 18.9. The Kier molecular flexibility index (Phi) is 6.90. The number of carbonyl (C=O) groups is 3. The van der Waals surface area contributed by atoms with Gasteiger partial charge in [-0.3, -0.25) is 14.4 Å². The van der Waals surface area contributed by atoms with E-state index in [-0.39, 0.29) is 35.2 Å². The predicted octanol–water partition coefficient (Wildman–Crippen LogP) is 0.558. The van der Waals surface area contributed by atoms with Crippen molar-refractivity contribution in [1.29, 1.82) is 0 Å². The minimum absolute atomic E-state index is 0.0624. The summed E-state index contributed by atoms with van der Waals surface area (Å²) in [5.41, 5.74) is -0.975. The highest BCUT2D eigenvalue weighted by atomic mass is 79.9. The number of nitrogens with one attached hydrogen (secondary N) is 2. The first-order chi connectivity index (χ1) is 13.8. The number of ether oxygens (including phenoxy) is 1. The number of rotatable bonds is 9. The Balaban J connectivity index is 1.89. The molecule has 164 valence electrons. The summed E-state index contributed by atoms with van der Waals surface area (Å²) >= 11 is 3.62. The highest BCUT2D eigenvalue weighted by molar-refractivity contribution is 9.09. The first-order valence-electron chi connectivity index (χ1n) is 10.5. The largest absolute Gasteiger partial charge is 0.396 e. The first kappa shape index (κ1) is 22.5. The number of unbranched alkanes of at least 4 members (excludes halogenated alkanes) is 3. The van der Waals surface area contributed by atoms with Crippen molar-refractivity contribution in [1.82, 2.24) is 15.5 Å². The van der Waals surface area contributed by atoms with E-state index in [9.17, 15) is 14.4 Å². The van der Waals surface area contributed by atoms with E-state index in [1.165, 1.54) is 0 Å². The molecule has 1 spiro atoms. The lowest BCUT2D eigenvalue weighted by Gasteiger charge is -2.34. The summed E-state index contributed by atoms with van der Waals surface area (Å²) in [5.74, 6) is -1.83. The van der Waals surface area contributed by atoms with Crippen LogP contribution in [0.15, 0.2) is 0 Å². The fourth-order valence-corrected chi connectivity index (χ4v) is 6.19. The van der Waals surface area contributed by atoms with Crippen LogP contribution in [-0.4, -0.2) is 76.5 Å². The van der Waals surface area contributed by atoms with Crippen LogP contribution in [0.5, 0.6) is 0 Å². The molecular formula is C20H32BrN3O5. The summed E-state index contributed by atoms with van der Waals surface area (Å²) in [6, 6.07) is -0.799. The van der Waals surface area contributed by atoms with Gasteiger partial charge in [-0.05, 0) is 33.1 Å². The van der Waals surface area contributed by atoms with Crippen LogP contribution in [0.25, 0.3) is 0 Å². The molecule has 0 aromatic carbocycles. The molecule has 6 atom stereocenters. The molecule has 0 aromatic rings. The topological polar surface area (TPSA) is 108 Å². The smallest absolute Gasteiger partial charge is 0.246 e. The molecule has 0 aromatic heterocycles. The van der Waals surface area contributed by atoms with Crippen LogP contribution < -0.4 is 10.6 Å². The van der Waals surface area contributed by atoms with Gasteiger partial charge in [-0.1, -0.05) is 28.8 Å². The lowest BCUT2D eigenvalue weighted by Crippen LogP contribution is -2.56. The van der Waals surface area contributed by atoms with Gasteiger partial charge in [0.1, 0.15) is 11.6 Å². The molecule has 3 aliphatic rings. The fraction of sp³-hybridized carbons (Fsp3) is 0.850. The normalized spacial score (nSPS) is 35.3. The van der Waals surface area contributed by atoms with Crippen LogP contribution in [0.4, 0.5) is 0 Å². The average molecular weight is 474 g/mol. The van der Waals surface area contributed by atoms with Crippen molar-refractivity contribution in [3.05, 3.63) is 0 Å². The Bertz CT molecular complexity index is 660. The Labute approximate surface area is 180 Å². The molecule has 3 heterocycles. The van der Waals surface area contributed by atoms with E-state index in [4.69, 9.17) is 9.84 Å². The third kappa shape index (κ3) is 3.81. The van der Waals surface area contributed by atoms with Gasteiger partial charge in [-0.15, -0.1) is 0 Å². The van der Waals surface area contributed by atoms with Gasteiger partial charge in [-0.2, -0.15) is 0 Å². The van der Waals surface area contributed by atoms with Gasteiger partial charge in [0.2, 0.25) is 17.7 Å². The van der Waals surface area contributed by atoms with E-state index in [0.29, 0.717) is 13.0 Å². The molecule has 3 saturated heterocycles. The summed E-state index contributed by atoms with van der Waals surface area (Å²) in [6.45, 7) is 4.37. The zero-order chi connectivity index (χ0) is 21.3. The van der Waals surface area contributed by atoms with Crippen molar-refractivity contribution in [2.45, 2.75) is 74.6 Å². The maximum Gasteiger partial charge on any atom is 0.246 e. The molecule has 3 fully saturated rings. The number of nitrogens with zero attached hydrogens (tertiary/aromatic N) is 1. The number of aliphatic hydroxyl groups excluding tert-OH is 1. The van der Waals surface area contributed by atoms with Crippen LogP contribution >= 0.6 is 15.9 Å². The van der Waals surface area contributed by atoms with Gasteiger partial charge < -0.3 is 25.4 Å². The number of fused-ring (bicyclic) bond motifs is 1. The summed E-state index contributed by atoms with van der Waals surface area (Å²) in [6.07, 6.45) is 3.32. The summed E-state index contributed by atoms with van der Waals surface area (Å²) in [4.78, 5) is 40.8. The molecule has 0 saturated carbocycles. The van der Waals surface area contributed by atoms with E-state index >= 15 is 0 Å². The van der Waals surface area contributed by atoms with Crippen LogP contribution in [-0.2, 0) is 19.1 Å². The third-order valence-corrected chi connectivity index (χ3v) is 7.17. The van der Waals surface area contributed by atoms with Crippen LogP contribution in [0.1, 0.15) is 46.0 Å². The number of alkyl halides is 1. The number of hydrogen-bond donors (Lipinski definition) is 3. The molecule has 3 N–H and O–H groups in total. The molecule has 0 aliphatic carbocycles. The van der Waals surface area contributed by atoms with Crippen molar-refractivity contribution < 1.29 is 24.2 Å². The highest BCUT2D eigenvalue weighted by Gasteiger charge is 2.76. The van der Waals surface area contributed by atoms with E-state index in [1.54, 1.807) is 11.9 Å². The van der Waals surface area contributed by atoms with Crippen molar-refractivity contribution in [2.24, 2.45) is 11.8 Å². The lowest BCUT2D eigenvalue weighted by molar-refractivity contribution is -0.142. The molecule has 9 heteroatoms. The zero-order valence-electron chi connectivity index (χ0n) is 17.3. The maximum atomic E-state index is 13.5. The van der Waals surface area contributed by atoms with Crippen molar-refractivity contribution in [3.8, 4) is 0 Å². The average Bonchev–Trinajstić information content (AvgIpc) is 3.24. The minimum Gasteiger partial charge on any atom is -0.396 e. The Morgan fingerprint density at radius 2 is 1.97 bits per heavy atom. The molecule has 2 bridgehead atoms. The number of likely N-dealkylation sites (tertiary alicyclic amines) is 1. The Morgan fingerprint density at radius 3 is 2.59 bits per heavy atom. The van der Waals surface area contributed by atoms with E-state index in [2.05, 4.69) is 26.6 Å². The molecule has 8 nitrogen and oxygen atoms in total. The van der Waals surface area contributed by atoms with E-state index in [0.717, 1.165) is 25.7 Å². The molecular weight excluding hydrogens is 442 g/mol. The van der Waals surface area contributed by atoms with Crippen molar-refractivity contribution in [3.63, 3.8) is 0 Å². The second kappa shape index (κ2) is 8.89. The van der Waals surface area contributed by atoms with Crippen molar-refractivity contribution in [2.75, 3.05) is 20.2 Å². The third-order valence-electron chi connectivity index (χ3n) is 6.32. The van der Waals surface area contributed by atoms with Crippen molar-refractivity contribution >= 4 is 33.7 Å². The van der Waals surface area contributed by atoms with Crippen LogP contribution in [0.3, 0.4) is 0 Å². The molecule has 29 heavy (non-hydrogen) atoms. The number of carbonyl (C=O) groups excluding carboxylic acids is 3. The molecule has 0 radical (unpaired) electrons. The standard InChI is InChI=1S/C20H32BrN3O5/c1-11(2)23-18(27)16-20-10-12(21)15(29-20)13(17(26)22-3)14(20)19(28)24(16)8-6-4-5-7-9-25/h11-16,25H,4-10H2,1-3H3,(H,22,26)(H,23,27)/t12?,13-,14-,15-,16?,20?/m0/s1. The van der Waals surface area contributed by atoms with Gasteiger partial charge in [0.05, 0.1) is 17.9 Å². The van der Waals surface area contributed by atoms with Crippen LogP contribution in [0, 0.1) is 11.8 Å². The molecule has 3 rings (SSSR count). The SMILES string of the molecule is CNC(=O)[C@H]1[C@H]2C(=O)N(CCCCCCO)C(C(=O)NC(C)C)C23CC(Br)[C@@H]1O3. The second-order valence-electron chi connectivity index (χ2n) is 8.61. The van der Waals surface area contributed by atoms with Gasteiger partial charge in [-0.25, -0.2) is 0 Å². The van der Waals surface area contributed by atoms with Crippen LogP contribution in [0.2, 0.25) is 0 Å². The van der Waals surface area contributed by atoms with Gasteiger partial charge >= 0.3 is 0 Å². The quantitative estimate of drug-likeness (QED) is 0.334. The Hall–Kier alpha value is -1.19. The number of amides is 3. The number of hydrogen-bond acceptors (Lipinski definition) is 5. The van der Waals surface area contributed by atoms with Gasteiger partial charge in [0.15, 0.2) is 0 Å². The maximum absolute atomic E-state index is 13.5. The molecule has 3 amide bonds. The van der Waals surface area contributed by atoms with E-state index < -0.39 is 29.6 Å². The number of aliphatic hydroxyl groups is 1. The molecule has 3 aliphatic heterocycles. The lowest BCUT2D eigenvalue weighted by atomic mass is 9.70. The predicted molar refractivity (Wildman–Crippen MR) is 110 cm³/mol. The summed E-state index contributed by atoms with van der Waals surface area (Å²) < 4.78 is 6.33. The van der Waals surface area contributed by atoms with Gasteiger partial charge in [0.25, 0.3) is 0 Å². The second-order valence-corrected chi connectivity index (χ2v) is 9.79. The van der Waals surface area contributed by atoms with E-state index in [1.807, 2.05) is 13.8 Å². The summed E-state index contributed by atoms with van der Waals surface area (Å²) in [7, 11) is 1.56. The minimum atomic E-state index is -0.975. The highest BCUT2D eigenvalue weighted by Crippen LogP contribution is 2.59. The molecule has 3 unspecified atom stereocenters. The first-order valence-corrected chi connectivity index (χ1v) is 11.4. The fourth-order valence-electron chi connectivity index (χ4n) is 5.25. The number of halogens is 1. The van der Waals surface area contributed by atoms with Gasteiger partial charge in [0, 0.05) is 31.1 Å².